The summed E-state index contributed by atoms with van der Waals surface area (Å²) < 4.78 is 27.2. The highest BCUT2D eigenvalue weighted by Crippen LogP contribution is 2.25. The number of ether oxygens (including phenoxy) is 1. The van der Waals surface area contributed by atoms with Gasteiger partial charge in [0, 0.05) is 17.9 Å². The molecule has 1 unspecified atom stereocenters. The van der Waals surface area contributed by atoms with Gasteiger partial charge in [0.1, 0.15) is 5.75 Å². The lowest BCUT2D eigenvalue weighted by molar-refractivity contribution is 0.178. The van der Waals surface area contributed by atoms with E-state index in [-0.39, 0.29) is 6.54 Å². The molecule has 0 aliphatic heterocycles. The second-order valence-corrected chi connectivity index (χ2v) is 8.33. The zero-order valence-electron chi connectivity index (χ0n) is 18.2. The van der Waals surface area contributed by atoms with Crippen LogP contribution < -0.4 is 15.8 Å². The molecular weight excluding hydrogens is 428 g/mol. The number of nitrogen functional groups attached to an aromatic ring is 1. The Kier molecular flexibility index (Phi) is 7.45. The van der Waals surface area contributed by atoms with Crippen molar-refractivity contribution >= 4 is 34.6 Å². The minimum atomic E-state index is -2.50. The number of carbonyl (C=O) groups is 1. The number of aryl methyl sites for hydroxylation is 3. The molecular formula is C23H26N4O4S. The van der Waals surface area contributed by atoms with Crippen molar-refractivity contribution < 1.29 is 18.3 Å². The van der Waals surface area contributed by atoms with Gasteiger partial charge in [0.2, 0.25) is 0 Å². The molecule has 4 N–H and O–H groups in total. The van der Waals surface area contributed by atoms with Gasteiger partial charge in [-0.2, -0.15) is 0 Å². The zero-order chi connectivity index (χ0) is 23.3. The van der Waals surface area contributed by atoms with Gasteiger partial charge in [-0.3, -0.25) is 4.55 Å². The molecule has 1 amide bonds. The topological polar surface area (TPSA) is 118 Å². The van der Waals surface area contributed by atoms with Crippen LogP contribution in [0.2, 0.25) is 0 Å². The number of aromatic nitrogens is 1. The first kappa shape index (κ1) is 23.2. The van der Waals surface area contributed by atoms with Crippen molar-refractivity contribution in [3.63, 3.8) is 0 Å². The van der Waals surface area contributed by atoms with Gasteiger partial charge >= 0.3 is 6.09 Å². The van der Waals surface area contributed by atoms with Crippen LogP contribution in [0.3, 0.4) is 0 Å². The summed E-state index contributed by atoms with van der Waals surface area (Å²) in [4.78, 5) is 16.8. The number of carbonyl (C=O) groups excluding carboxylic acids is 1. The number of amides is 1. The predicted octanol–water partition coefficient (Wildman–Crippen LogP) is 4.51. The van der Waals surface area contributed by atoms with Gasteiger partial charge in [-0.05, 0) is 68.7 Å². The number of benzene rings is 2. The smallest absolute Gasteiger partial charge is 0.410 e. The first-order valence-electron chi connectivity index (χ1n) is 9.99. The van der Waals surface area contributed by atoms with Gasteiger partial charge in [-0.1, -0.05) is 29.8 Å². The molecule has 0 fully saturated rings. The molecule has 3 rings (SSSR count). The fourth-order valence-corrected chi connectivity index (χ4v) is 3.47. The van der Waals surface area contributed by atoms with Gasteiger partial charge in [0.25, 0.3) is 11.3 Å². The highest BCUT2D eigenvalue weighted by molar-refractivity contribution is 7.77. The van der Waals surface area contributed by atoms with E-state index >= 15 is 0 Å². The lowest BCUT2D eigenvalue weighted by Gasteiger charge is -2.17. The molecule has 3 aromatic rings. The molecule has 168 valence electrons. The van der Waals surface area contributed by atoms with E-state index in [1.54, 1.807) is 24.3 Å². The Balaban J connectivity index is 1.62. The molecule has 1 heterocycles. The van der Waals surface area contributed by atoms with Gasteiger partial charge in [-0.25, -0.2) is 18.3 Å². The molecule has 8 nitrogen and oxygen atoms in total. The number of nitrogens with zero attached hydrogens (tertiary/aromatic N) is 2. The van der Waals surface area contributed by atoms with E-state index in [9.17, 15) is 13.6 Å². The highest BCUT2D eigenvalue weighted by atomic mass is 32.2. The molecule has 0 saturated carbocycles. The molecule has 1 aromatic heterocycles. The maximum atomic E-state index is 12.3. The Morgan fingerprint density at radius 3 is 2.41 bits per heavy atom. The molecule has 0 bridgehead atoms. The Hall–Kier alpha value is -3.43. The molecule has 0 aliphatic carbocycles. The minimum Gasteiger partial charge on any atom is -0.410 e. The Bertz CT molecular complexity index is 1120. The number of nitrogens with one attached hydrogen (secondary N) is 1. The lowest BCUT2D eigenvalue weighted by Crippen LogP contribution is -2.36. The van der Waals surface area contributed by atoms with Crippen molar-refractivity contribution in [2.75, 3.05) is 17.6 Å². The van der Waals surface area contributed by atoms with Crippen LogP contribution in [0.5, 0.6) is 5.75 Å². The fraction of sp³-hybridized carbons (Fsp3) is 0.217. The lowest BCUT2D eigenvalue weighted by atomic mass is 10.1. The highest BCUT2D eigenvalue weighted by Gasteiger charge is 2.21. The van der Waals surface area contributed by atoms with Crippen molar-refractivity contribution in [1.82, 2.24) is 9.29 Å². The number of anilines is 3. The van der Waals surface area contributed by atoms with Gasteiger partial charge in [0.15, 0.2) is 5.82 Å². The second kappa shape index (κ2) is 10.3. The van der Waals surface area contributed by atoms with Crippen LogP contribution >= 0.6 is 0 Å². The van der Waals surface area contributed by atoms with E-state index in [4.69, 9.17) is 10.5 Å². The quantitative estimate of drug-likeness (QED) is 0.450. The summed E-state index contributed by atoms with van der Waals surface area (Å²) in [6.45, 7) is 5.77. The third-order valence-electron chi connectivity index (χ3n) is 4.83. The average Bonchev–Trinajstić information content (AvgIpc) is 2.74. The molecule has 32 heavy (non-hydrogen) atoms. The zero-order valence-corrected chi connectivity index (χ0v) is 19.0. The maximum Gasteiger partial charge on any atom is 0.428 e. The van der Waals surface area contributed by atoms with Crippen LogP contribution in [0, 0.1) is 20.8 Å². The third kappa shape index (κ3) is 6.05. The molecule has 0 radical (unpaired) electrons. The van der Waals surface area contributed by atoms with Gasteiger partial charge < -0.3 is 15.8 Å². The van der Waals surface area contributed by atoms with Crippen LogP contribution in [-0.4, -0.2) is 30.7 Å². The first-order valence-corrected chi connectivity index (χ1v) is 11.1. The van der Waals surface area contributed by atoms with E-state index in [0.717, 1.165) is 32.4 Å². The third-order valence-corrected chi connectivity index (χ3v) is 5.54. The summed E-state index contributed by atoms with van der Waals surface area (Å²) in [7, 11) is 0. The van der Waals surface area contributed by atoms with E-state index in [2.05, 4.69) is 10.3 Å². The summed E-state index contributed by atoms with van der Waals surface area (Å²) in [6.07, 6.45) is -0.510. The van der Waals surface area contributed by atoms with Crippen LogP contribution in [0.1, 0.15) is 22.4 Å². The molecule has 2 aromatic carbocycles. The van der Waals surface area contributed by atoms with E-state index in [0.29, 0.717) is 23.7 Å². The Morgan fingerprint density at radius 1 is 1.12 bits per heavy atom. The second-order valence-electron chi connectivity index (χ2n) is 7.43. The molecule has 0 saturated heterocycles. The number of pyridine rings is 1. The summed E-state index contributed by atoms with van der Waals surface area (Å²) in [5.41, 5.74) is 11.2. The van der Waals surface area contributed by atoms with Crippen molar-refractivity contribution in [3.05, 3.63) is 77.0 Å². The van der Waals surface area contributed by atoms with Crippen LogP contribution in [0.15, 0.2) is 54.6 Å². The number of hydrogen-bond acceptors (Lipinski definition) is 6. The van der Waals surface area contributed by atoms with Crippen molar-refractivity contribution in [1.29, 1.82) is 0 Å². The van der Waals surface area contributed by atoms with Crippen LogP contribution in [-0.2, 0) is 17.7 Å². The molecule has 0 aliphatic rings. The average molecular weight is 455 g/mol. The van der Waals surface area contributed by atoms with E-state index < -0.39 is 17.4 Å². The SMILES string of the molecule is Cc1ccc(OC(=O)N(CCc2ccc(Nc3nc(C)cc(C)c3N)cc2)S(=O)O)cc1. The van der Waals surface area contributed by atoms with Crippen molar-refractivity contribution in [2.24, 2.45) is 0 Å². The first-order chi connectivity index (χ1) is 15.2. The molecule has 9 heteroatoms. The summed E-state index contributed by atoms with van der Waals surface area (Å²) in [6, 6.07) is 16.2. The Labute approximate surface area is 189 Å². The largest absolute Gasteiger partial charge is 0.428 e. The van der Waals surface area contributed by atoms with Crippen LogP contribution in [0.4, 0.5) is 22.0 Å². The predicted molar refractivity (Wildman–Crippen MR) is 126 cm³/mol. The van der Waals surface area contributed by atoms with Gasteiger partial charge in [-0.15, -0.1) is 0 Å². The van der Waals surface area contributed by atoms with Crippen LogP contribution in [0.25, 0.3) is 0 Å². The van der Waals surface area contributed by atoms with Crippen molar-refractivity contribution in [3.8, 4) is 5.75 Å². The van der Waals surface area contributed by atoms with Gasteiger partial charge in [0.05, 0.1) is 5.69 Å². The monoisotopic (exact) mass is 454 g/mol. The number of nitrogens with two attached hydrogens (primary N) is 1. The summed E-state index contributed by atoms with van der Waals surface area (Å²) in [5, 5.41) is 3.20. The Morgan fingerprint density at radius 2 is 1.78 bits per heavy atom. The van der Waals surface area contributed by atoms with E-state index in [1.165, 1.54) is 0 Å². The molecule has 0 spiro atoms. The standard InChI is InChI=1S/C23H26N4O4S/c1-15-4-10-20(11-5-15)31-23(28)27(32(29)30)13-12-18-6-8-19(9-7-18)26-22-21(24)16(2)14-17(3)25-22/h4-11,14H,12-13,24H2,1-3H3,(H,25,26)(H,29,30). The number of hydrogen-bond donors (Lipinski definition) is 3. The maximum absolute atomic E-state index is 12.3. The summed E-state index contributed by atoms with van der Waals surface area (Å²) >= 11 is -2.50. The number of rotatable bonds is 7. The van der Waals surface area contributed by atoms with E-state index in [1.807, 2.05) is 51.1 Å². The van der Waals surface area contributed by atoms with Crippen molar-refractivity contribution in [2.45, 2.75) is 27.2 Å². The summed E-state index contributed by atoms with van der Waals surface area (Å²) in [5.74, 6) is 0.904. The normalized spacial score (nSPS) is 11.6. The fourth-order valence-electron chi connectivity index (χ4n) is 3.06. The molecule has 1 atom stereocenters. The minimum absolute atomic E-state index is 0.0200.